The van der Waals surface area contributed by atoms with Crippen LogP contribution >= 0.6 is 0 Å². The van der Waals surface area contributed by atoms with Crippen LogP contribution in [0.5, 0.6) is 0 Å². The third-order valence-corrected chi connectivity index (χ3v) is 10.6. The van der Waals surface area contributed by atoms with Gasteiger partial charge in [0.15, 0.2) is 0 Å². The largest absolute Gasteiger partial charge is 0.248 e. The number of hydrogen-bond donors (Lipinski definition) is 0. The van der Waals surface area contributed by atoms with Gasteiger partial charge in [-0.05, 0) is 110 Å². The van der Waals surface area contributed by atoms with Gasteiger partial charge >= 0.3 is 0 Å². The topological polar surface area (TPSA) is 12.9 Å². The molecular weight excluding hydrogens is 663 g/mol. The van der Waals surface area contributed by atoms with Gasteiger partial charge in [0.1, 0.15) is 0 Å². The summed E-state index contributed by atoms with van der Waals surface area (Å²) < 4.78 is 0. The van der Waals surface area contributed by atoms with Gasteiger partial charge in [0.2, 0.25) is 0 Å². The van der Waals surface area contributed by atoms with Crippen molar-refractivity contribution in [2.45, 2.75) is 34.6 Å². The SMILES string of the molecule is C/C=C\c1c(C)cccc1-c1cccc(-c2ccc(-c3c4ccccc4c(-c4ccc(-c5ccc(C)cc5)c5ccccc45)c4ccccc34)cc2)n1.CC. The van der Waals surface area contributed by atoms with Crippen molar-refractivity contribution in [2.24, 2.45) is 0 Å². The molecule has 0 unspecified atom stereocenters. The van der Waals surface area contributed by atoms with E-state index in [0.29, 0.717) is 0 Å². The van der Waals surface area contributed by atoms with Crippen LogP contribution in [0.1, 0.15) is 37.5 Å². The van der Waals surface area contributed by atoms with Gasteiger partial charge in [0.25, 0.3) is 0 Å². The molecule has 1 aromatic heterocycles. The molecule has 55 heavy (non-hydrogen) atoms. The van der Waals surface area contributed by atoms with Crippen LogP contribution < -0.4 is 0 Å². The number of allylic oxidation sites excluding steroid dienone is 1. The van der Waals surface area contributed by atoms with Crippen LogP contribution in [-0.4, -0.2) is 4.98 Å². The summed E-state index contributed by atoms with van der Waals surface area (Å²) in [6.07, 6.45) is 4.27. The second-order valence-electron chi connectivity index (χ2n) is 13.9. The Balaban J connectivity index is 0.00000210. The summed E-state index contributed by atoms with van der Waals surface area (Å²) in [5, 5.41) is 7.52. The molecule has 0 amide bonds. The highest BCUT2D eigenvalue weighted by Gasteiger charge is 2.19. The molecule has 0 aliphatic carbocycles. The highest BCUT2D eigenvalue weighted by molar-refractivity contribution is 6.24. The summed E-state index contributed by atoms with van der Waals surface area (Å²) in [7, 11) is 0. The van der Waals surface area contributed by atoms with Crippen LogP contribution in [0.4, 0.5) is 0 Å². The van der Waals surface area contributed by atoms with E-state index in [-0.39, 0.29) is 0 Å². The van der Waals surface area contributed by atoms with Crippen LogP contribution in [0.15, 0.2) is 176 Å². The van der Waals surface area contributed by atoms with Gasteiger partial charge in [-0.2, -0.15) is 0 Å². The van der Waals surface area contributed by atoms with Crippen molar-refractivity contribution in [3.63, 3.8) is 0 Å². The Kier molecular flexibility index (Phi) is 9.94. The molecule has 8 aromatic carbocycles. The maximum atomic E-state index is 5.16. The Morgan fingerprint density at radius 1 is 0.382 bits per heavy atom. The maximum Gasteiger partial charge on any atom is 0.0715 e. The summed E-state index contributed by atoms with van der Waals surface area (Å²) in [6.45, 7) is 10.4. The summed E-state index contributed by atoms with van der Waals surface area (Å²) in [4.78, 5) is 5.16. The normalized spacial score (nSPS) is 11.3. The molecule has 9 rings (SSSR count). The lowest BCUT2D eigenvalue weighted by Crippen LogP contribution is -1.93. The monoisotopic (exact) mass is 707 g/mol. The minimum absolute atomic E-state index is 0.966. The Morgan fingerprint density at radius 3 is 1.49 bits per heavy atom. The summed E-state index contributed by atoms with van der Waals surface area (Å²) >= 11 is 0. The molecule has 0 fully saturated rings. The van der Waals surface area contributed by atoms with Crippen molar-refractivity contribution in [1.82, 2.24) is 4.98 Å². The van der Waals surface area contributed by atoms with Gasteiger partial charge in [-0.1, -0.05) is 189 Å². The van der Waals surface area contributed by atoms with Crippen molar-refractivity contribution in [2.75, 3.05) is 0 Å². The first-order chi connectivity index (χ1) is 27.1. The molecule has 0 aliphatic rings. The molecule has 9 aromatic rings. The molecule has 0 aliphatic heterocycles. The summed E-state index contributed by atoms with van der Waals surface area (Å²) in [6, 6.07) is 61.9. The fourth-order valence-corrected chi connectivity index (χ4v) is 8.08. The number of nitrogens with zero attached hydrogens (tertiary/aromatic N) is 1. The number of pyridine rings is 1. The number of benzene rings is 8. The molecule has 0 bridgehead atoms. The van der Waals surface area contributed by atoms with E-state index >= 15 is 0 Å². The van der Waals surface area contributed by atoms with Crippen LogP contribution in [-0.2, 0) is 0 Å². The number of rotatable bonds is 6. The molecule has 0 atom stereocenters. The zero-order valence-corrected chi connectivity index (χ0v) is 32.3. The lowest BCUT2D eigenvalue weighted by atomic mass is 9.83. The Bertz CT molecular complexity index is 2780. The molecule has 1 heterocycles. The molecule has 0 saturated heterocycles. The molecule has 0 saturated carbocycles. The van der Waals surface area contributed by atoms with E-state index in [1.807, 2.05) is 13.8 Å². The summed E-state index contributed by atoms with van der Waals surface area (Å²) in [5.74, 6) is 0. The quantitative estimate of drug-likeness (QED) is 0.157. The third-order valence-electron chi connectivity index (χ3n) is 10.6. The minimum Gasteiger partial charge on any atom is -0.248 e. The number of hydrogen-bond acceptors (Lipinski definition) is 1. The molecule has 0 spiro atoms. The molecule has 266 valence electrons. The van der Waals surface area contributed by atoms with Gasteiger partial charge in [-0.15, -0.1) is 0 Å². The average molecular weight is 708 g/mol. The predicted octanol–water partition coefficient (Wildman–Crippen LogP) is 15.6. The lowest BCUT2D eigenvalue weighted by molar-refractivity contribution is 1.31. The van der Waals surface area contributed by atoms with Gasteiger partial charge in [0.05, 0.1) is 11.4 Å². The van der Waals surface area contributed by atoms with Crippen molar-refractivity contribution < 1.29 is 0 Å². The van der Waals surface area contributed by atoms with E-state index in [1.165, 1.54) is 82.4 Å². The van der Waals surface area contributed by atoms with E-state index in [0.717, 1.165) is 22.5 Å². The van der Waals surface area contributed by atoms with Gasteiger partial charge in [-0.25, -0.2) is 4.98 Å². The van der Waals surface area contributed by atoms with Crippen LogP contribution in [0.3, 0.4) is 0 Å². The zero-order valence-electron chi connectivity index (χ0n) is 32.3. The first-order valence-corrected chi connectivity index (χ1v) is 19.4. The molecule has 0 N–H and O–H groups in total. The molecule has 0 radical (unpaired) electrons. The van der Waals surface area contributed by atoms with E-state index in [1.54, 1.807) is 0 Å². The number of aromatic nitrogens is 1. The van der Waals surface area contributed by atoms with Gasteiger partial charge in [0, 0.05) is 11.1 Å². The number of fused-ring (bicyclic) bond motifs is 3. The first-order valence-electron chi connectivity index (χ1n) is 19.4. The Hall–Kier alpha value is -6.57. The highest BCUT2D eigenvalue weighted by Crippen LogP contribution is 2.46. The van der Waals surface area contributed by atoms with E-state index < -0.39 is 0 Å². The Morgan fingerprint density at radius 2 is 0.873 bits per heavy atom. The first kappa shape index (κ1) is 35.5. The molecule has 1 heteroatoms. The van der Waals surface area contributed by atoms with Crippen molar-refractivity contribution in [3.05, 3.63) is 193 Å². The molecule has 1 nitrogen and oxygen atoms in total. The van der Waals surface area contributed by atoms with E-state index in [4.69, 9.17) is 4.98 Å². The predicted molar refractivity (Wildman–Crippen MR) is 239 cm³/mol. The van der Waals surface area contributed by atoms with Crippen molar-refractivity contribution in [3.8, 4) is 55.9 Å². The second kappa shape index (κ2) is 15.4. The molecular formula is C54H45N. The summed E-state index contributed by atoms with van der Waals surface area (Å²) in [5.41, 5.74) is 15.4. The second-order valence-corrected chi connectivity index (χ2v) is 13.9. The Labute approximate surface area is 325 Å². The number of aryl methyl sites for hydroxylation is 2. The fraction of sp³-hybridized carbons (Fsp3) is 0.0926. The minimum atomic E-state index is 0.966. The van der Waals surface area contributed by atoms with Crippen LogP contribution in [0.25, 0.3) is 94.3 Å². The maximum absolute atomic E-state index is 5.16. The lowest BCUT2D eigenvalue weighted by Gasteiger charge is -2.20. The van der Waals surface area contributed by atoms with E-state index in [2.05, 4.69) is 203 Å². The average Bonchev–Trinajstić information content (AvgIpc) is 3.24. The standard InChI is InChI=1S/C52H39N.C2H6/c1-4-13-39-35(3)14-11-21-43(39)50-23-12-22-49(53-50)37-28-30-38(31-29-37)51-44-17-7-9-19-46(44)52(47-20-10-8-18-45(47)51)48-33-32-40(36-26-24-34(2)25-27-36)41-15-5-6-16-42(41)48;1-2/h4-33H,1-3H3;1-2H3/b13-4-;. The van der Waals surface area contributed by atoms with Crippen LogP contribution in [0, 0.1) is 13.8 Å². The fourth-order valence-electron chi connectivity index (χ4n) is 8.08. The van der Waals surface area contributed by atoms with Gasteiger partial charge in [-0.3, -0.25) is 0 Å². The van der Waals surface area contributed by atoms with E-state index in [9.17, 15) is 0 Å². The zero-order chi connectivity index (χ0) is 37.9. The third kappa shape index (κ3) is 6.53. The highest BCUT2D eigenvalue weighted by atomic mass is 14.7. The van der Waals surface area contributed by atoms with Crippen molar-refractivity contribution in [1.29, 1.82) is 0 Å². The smallest absolute Gasteiger partial charge is 0.0715 e. The van der Waals surface area contributed by atoms with Crippen molar-refractivity contribution >= 4 is 38.4 Å². The van der Waals surface area contributed by atoms with Crippen LogP contribution in [0.2, 0.25) is 0 Å². The van der Waals surface area contributed by atoms with Gasteiger partial charge < -0.3 is 0 Å².